The maximum absolute atomic E-state index is 10.7. The molecule has 4 N–H and O–H groups in total. The van der Waals surface area contributed by atoms with Crippen LogP contribution in [0.2, 0.25) is 0 Å². The SMILES string of the molecule is [NH3+][C@@H](CC[n+]1ccc(-c2ncccn2)cn1)C(=O)O. The predicted octanol–water partition coefficient (Wildman–Crippen LogP) is -1.09. The van der Waals surface area contributed by atoms with Crippen molar-refractivity contribution >= 4 is 5.97 Å². The number of carboxylic acid groups (broad SMARTS) is 1. The van der Waals surface area contributed by atoms with E-state index in [1.807, 2.05) is 6.07 Å². The average molecular weight is 261 g/mol. The molecule has 0 aliphatic carbocycles. The summed E-state index contributed by atoms with van der Waals surface area (Å²) in [4.78, 5) is 18.9. The highest BCUT2D eigenvalue weighted by Crippen LogP contribution is 2.09. The first-order chi connectivity index (χ1) is 9.16. The van der Waals surface area contributed by atoms with Crippen LogP contribution < -0.4 is 10.4 Å². The Morgan fingerprint density at radius 3 is 2.74 bits per heavy atom. The molecule has 7 heteroatoms. The summed E-state index contributed by atoms with van der Waals surface area (Å²) in [5.74, 6) is -0.280. The van der Waals surface area contributed by atoms with Gasteiger partial charge in [0.25, 0.3) is 0 Å². The zero-order valence-electron chi connectivity index (χ0n) is 10.3. The van der Waals surface area contributed by atoms with E-state index in [-0.39, 0.29) is 0 Å². The van der Waals surface area contributed by atoms with E-state index in [4.69, 9.17) is 5.11 Å². The number of hydrogen-bond donors (Lipinski definition) is 2. The number of carboxylic acids is 1. The molecule has 1 atom stereocenters. The maximum atomic E-state index is 10.7. The maximum Gasteiger partial charge on any atom is 0.362 e. The number of rotatable bonds is 5. The minimum atomic E-state index is -0.894. The van der Waals surface area contributed by atoms with Gasteiger partial charge >= 0.3 is 5.97 Å². The van der Waals surface area contributed by atoms with Gasteiger partial charge in [0.15, 0.2) is 24.6 Å². The van der Waals surface area contributed by atoms with Crippen LogP contribution in [0.15, 0.2) is 36.9 Å². The van der Waals surface area contributed by atoms with E-state index >= 15 is 0 Å². The molecule has 0 bridgehead atoms. The Kier molecular flexibility index (Phi) is 4.09. The first-order valence-corrected chi connectivity index (χ1v) is 5.86. The molecule has 2 heterocycles. The highest BCUT2D eigenvalue weighted by Gasteiger charge is 2.18. The quantitative estimate of drug-likeness (QED) is 0.665. The minimum absolute atomic E-state index is 0.439. The van der Waals surface area contributed by atoms with Crippen LogP contribution in [0.25, 0.3) is 11.4 Å². The Labute approximate surface area is 109 Å². The summed E-state index contributed by atoms with van der Waals surface area (Å²) in [6.45, 7) is 0.510. The zero-order valence-corrected chi connectivity index (χ0v) is 10.3. The predicted molar refractivity (Wildman–Crippen MR) is 64.4 cm³/mol. The Balaban J connectivity index is 2.01. The molecule has 0 fully saturated rings. The Hall–Kier alpha value is -2.41. The molecule has 0 aliphatic heterocycles. The summed E-state index contributed by atoms with van der Waals surface area (Å²) in [5.41, 5.74) is 4.38. The molecule has 0 aliphatic rings. The zero-order chi connectivity index (χ0) is 13.7. The number of quaternary nitrogens is 1. The van der Waals surface area contributed by atoms with Crippen molar-refractivity contribution in [1.29, 1.82) is 0 Å². The molecule has 0 unspecified atom stereocenters. The van der Waals surface area contributed by atoms with Gasteiger partial charge < -0.3 is 10.8 Å². The van der Waals surface area contributed by atoms with Crippen molar-refractivity contribution in [3.05, 3.63) is 36.9 Å². The molecule has 2 rings (SSSR count). The van der Waals surface area contributed by atoms with Crippen LogP contribution in [0.1, 0.15) is 6.42 Å². The second kappa shape index (κ2) is 5.96. The van der Waals surface area contributed by atoms with Gasteiger partial charge in [-0.25, -0.2) is 14.8 Å². The van der Waals surface area contributed by atoms with E-state index in [0.29, 0.717) is 18.8 Å². The molecule has 7 nitrogen and oxygen atoms in total. The van der Waals surface area contributed by atoms with Crippen molar-refractivity contribution < 1.29 is 20.3 Å². The number of carbonyl (C=O) groups is 1. The van der Waals surface area contributed by atoms with Crippen LogP contribution in [0.4, 0.5) is 0 Å². The first kappa shape index (κ1) is 13.0. The molecule has 2 aromatic heterocycles. The Morgan fingerprint density at radius 1 is 1.42 bits per heavy atom. The van der Waals surface area contributed by atoms with Gasteiger partial charge in [-0.15, -0.1) is 0 Å². The lowest BCUT2D eigenvalue weighted by Gasteiger charge is -2.00. The van der Waals surface area contributed by atoms with E-state index in [2.05, 4.69) is 20.8 Å². The van der Waals surface area contributed by atoms with Gasteiger partial charge in [-0.1, -0.05) is 4.68 Å². The van der Waals surface area contributed by atoms with E-state index in [1.54, 1.807) is 35.5 Å². The third-order valence-corrected chi connectivity index (χ3v) is 2.65. The van der Waals surface area contributed by atoms with E-state index in [0.717, 1.165) is 5.56 Å². The third kappa shape index (κ3) is 3.52. The fraction of sp³-hybridized carbons (Fsp3) is 0.250. The highest BCUT2D eigenvalue weighted by atomic mass is 16.4. The van der Waals surface area contributed by atoms with Crippen LogP contribution in [-0.2, 0) is 11.3 Å². The fourth-order valence-corrected chi connectivity index (χ4v) is 1.51. The molecule has 0 saturated carbocycles. The largest absolute Gasteiger partial charge is 0.477 e. The van der Waals surface area contributed by atoms with Crippen molar-refractivity contribution in [3.8, 4) is 11.4 Å². The number of aliphatic carboxylic acids is 1. The molecule has 0 radical (unpaired) electrons. The Morgan fingerprint density at radius 2 is 2.16 bits per heavy atom. The third-order valence-electron chi connectivity index (χ3n) is 2.65. The van der Waals surface area contributed by atoms with Gasteiger partial charge in [-0.3, -0.25) is 0 Å². The van der Waals surface area contributed by atoms with Gasteiger partial charge in [0.1, 0.15) is 6.20 Å². The summed E-state index contributed by atoms with van der Waals surface area (Å²) >= 11 is 0. The van der Waals surface area contributed by atoms with Crippen molar-refractivity contribution in [2.75, 3.05) is 0 Å². The van der Waals surface area contributed by atoms with Crippen molar-refractivity contribution in [2.45, 2.75) is 19.0 Å². The number of aromatic nitrogens is 4. The lowest BCUT2D eigenvalue weighted by Crippen LogP contribution is -2.66. The molecule has 19 heavy (non-hydrogen) atoms. The minimum Gasteiger partial charge on any atom is -0.477 e. The van der Waals surface area contributed by atoms with Crippen LogP contribution in [-0.4, -0.2) is 32.2 Å². The van der Waals surface area contributed by atoms with Gasteiger partial charge in [0, 0.05) is 24.0 Å². The van der Waals surface area contributed by atoms with Gasteiger partial charge in [0.2, 0.25) is 0 Å². The lowest BCUT2D eigenvalue weighted by molar-refractivity contribution is -0.756. The average Bonchev–Trinajstić information content (AvgIpc) is 2.46. The molecule has 0 saturated heterocycles. The second-order valence-electron chi connectivity index (χ2n) is 4.07. The molecule has 0 spiro atoms. The number of nitrogens with zero attached hydrogens (tertiary/aromatic N) is 4. The van der Waals surface area contributed by atoms with Crippen molar-refractivity contribution in [1.82, 2.24) is 15.1 Å². The number of aryl methyl sites for hydroxylation is 1. The smallest absolute Gasteiger partial charge is 0.362 e. The molecule has 2 aromatic rings. The van der Waals surface area contributed by atoms with Crippen molar-refractivity contribution in [2.24, 2.45) is 0 Å². The lowest BCUT2D eigenvalue weighted by atomic mass is 10.2. The summed E-state index contributed by atoms with van der Waals surface area (Å²) < 4.78 is 1.67. The van der Waals surface area contributed by atoms with Gasteiger partial charge in [-0.05, 0) is 11.2 Å². The van der Waals surface area contributed by atoms with Crippen LogP contribution in [0.5, 0.6) is 0 Å². The van der Waals surface area contributed by atoms with Crippen LogP contribution >= 0.6 is 0 Å². The second-order valence-corrected chi connectivity index (χ2v) is 4.07. The Bertz CT molecular complexity index is 544. The molecular formula is C12H15N5O2+2. The normalized spacial score (nSPS) is 12.1. The first-order valence-electron chi connectivity index (χ1n) is 5.86. The van der Waals surface area contributed by atoms with Gasteiger partial charge in [-0.2, -0.15) is 0 Å². The van der Waals surface area contributed by atoms with Crippen molar-refractivity contribution in [3.63, 3.8) is 0 Å². The van der Waals surface area contributed by atoms with E-state index < -0.39 is 12.0 Å². The van der Waals surface area contributed by atoms with E-state index in [1.165, 1.54) is 0 Å². The molecule has 0 amide bonds. The molecule has 0 aromatic carbocycles. The standard InChI is InChI=1S/C12H13N5O2/c13-10(12(18)19)3-7-17-6-2-9(8-16-17)11-14-4-1-5-15-11/h1-2,4-6,8,10H,3,7,13H2/p+2/t10-/m0/s1. The monoisotopic (exact) mass is 261 g/mol. The highest BCUT2D eigenvalue weighted by molar-refractivity contribution is 5.71. The number of hydrogen-bond acceptors (Lipinski definition) is 4. The van der Waals surface area contributed by atoms with Crippen LogP contribution in [0, 0.1) is 0 Å². The summed E-state index contributed by atoms with van der Waals surface area (Å²) in [7, 11) is 0. The summed E-state index contributed by atoms with van der Waals surface area (Å²) in [6.07, 6.45) is 7.22. The van der Waals surface area contributed by atoms with Crippen LogP contribution in [0.3, 0.4) is 0 Å². The van der Waals surface area contributed by atoms with Gasteiger partial charge in [0.05, 0.1) is 6.42 Å². The topological polar surface area (TPSA) is 107 Å². The fourth-order valence-electron chi connectivity index (χ4n) is 1.51. The summed E-state index contributed by atoms with van der Waals surface area (Å²) in [5, 5.41) is 12.9. The molecule has 98 valence electrons. The molecular weight excluding hydrogens is 246 g/mol. The summed E-state index contributed by atoms with van der Waals surface area (Å²) in [6, 6.07) is 2.98. The van der Waals surface area contributed by atoms with E-state index in [9.17, 15) is 4.79 Å².